The minimum Gasteiger partial charge on any atom is -0.309 e. The minimum atomic E-state index is -1.22. The van der Waals surface area contributed by atoms with E-state index in [9.17, 15) is 0 Å². The fourth-order valence-electron chi connectivity index (χ4n) is 10.8. The maximum absolute atomic E-state index is 2.38. The third-order valence-electron chi connectivity index (χ3n) is 13.5. The van der Waals surface area contributed by atoms with Crippen LogP contribution in [0.15, 0.2) is 243 Å². The van der Waals surface area contributed by atoms with Gasteiger partial charge in [-0.2, -0.15) is 48.6 Å². The lowest BCUT2D eigenvalue weighted by Crippen LogP contribution is -2.74. The van der Waals surface area contributed by atoms with E-state index in [0.29, 0.717) is 0 Å². The molecule has 0 aliphatic heterocycles. The van der Waals surface area contributed by atoms with E-state index in [2.05, 4.69) is 342 Å². The Kier molecular flexibility index (Phi) is 19.4. The summed E-state index contributed by atoms with van der Waals surface area (Å²) in [4.78, 5) is 8.95. The number of guanidine groups is 2. The van der Waals surface area contributed by atoms with Gasteiger partial charge in [-0.1, -0.05) is 243 Å². The van der Waals surface area contributed by atoms with Crippen LogP contribution >= 0.6 is 0 Å². The molecule has 0 bridgehead atoms. The first kappa shape index (κ1) is 53.0. The first-order valence-electron chi connectivity index (χ1n) is 25.0. The normalized spacial score (nSPS) is 11.0. The van der Waals surface area contributed by atoms with Gasteiger partial charge in [-0.05, 0) is 20.5 Å². The summed E-state index contributed by atoms with van der Waals surface area (Å²) in [7, 11) is 21.0. The van der Waals surface area contributed by atoms with Gasteiger partial charge in [0.2, 0.25) is 0 Å². The Balaban J connectivity index is 0.000000176. The fourth-order valence-corrected chi connectivity index (χ4v) is 10.8. The quantitative estimate of drug-likeness (QED) is 0.0674. The van der Waals surface area contributed by atoms with Crippen LogP contribution in [0.25, 0.3) is 0 Å². The van der Waals surface area contributed by atoms with Crippen molar-refractivity contribution in [2.45, 2.75) is 6.42 Å². The minimum absolute atomic E-state index is 0.982. The van der Waals surface area contributed by atoms with Crippen molar-refractivity contribution >= 4 is 67.9 Å². The molecule has 6 nitrogen and oxygen atoms in total. The van der Waals surface area contributed by atoms with Crippen LogP contribution in [0.1, 0.15) is 6.42 Å². The van der Waals surface area contributed by atoms with Crippen LogP contribution in [-0.2, 0) is 0 Å². The van der Waals surface area contributed by atoms with E-state index < -0.39 is 12.3 Å². The Labute approximate surface area is 427 Å². The van der Waals surface area contributed by atoms with Crippen LogP contribution in [0.4, 0.5) is 0 Å². The largest absolute Gasteiger partial charge is 0.359 e. The average molecular weight is 939 g/mol. The average Bonchev–Trinajstić information content (AvgIpc) is 3.39. The Morgan fingerprint density at radius 3 is 0.620 bits per heavy atom. The van der Waals surface area contributed by atoms with Gasteiger partial charge < -0.3 is 4.90 Å². The number of benzene rings is 8. The van der Waals surface area contributed by atoms with E-state index in [1.54, 1.807) is 0 Å². The molecule has 0 aliphatic rings. The van der Waals surface area contributed by atoms with Crippen LogP contribution in [0.2, 0.25) is 0 Å². The summed E-state index contributed by atoms with van der Waals surface area (Å²) in [5.74, 6) is 2.37. The molecule has 8 aromatic carbocycles. The van der Waals surface area contributed by atoms with Crippen LogP contribution < -0.4 is 43.7 Å². The molecule has 0 fully saturated rings. The van der Waals surface area contributed by atoms with Crippen molar-refractivity contribution in [3.05, 3.63) is 243 Å². The summed E-state index contributed by atoms with van der Waals surface area (Å²) in [5, 5.41) is 0. The molecule has 364 valence electrons. The molecule has 71 heavy (non-hydrogen) atoms. The highest BCUT2D eigenvalue weighted by Crippen LogP contribution is 2.11. The summed E-state index contributed by atoms with van der Waals surface area (Å²) in [5.41, 5.74) is 10.7. The molecule has 0 heterocycles. The molecular formula is C63H76B2N6. The summed E-state index contributed by atoms with van der Waals surface area (Å²) >= 11 is 0. The van der Waals surface area contributed by atoms with Crippen molar-refractivity contribution in [3.8, 4) is 0 Å². The van der Waals surface area contributed by atoms with Gasteiger partial charge in [0.15, 0.2) is 0 Å². The zero-order valence-electron chi connectivity index (χ0n) is 44.1. The Morgan fingerprint density at radius 2 is 0.479 bits per heavy atom. The maximum Gasteiger partial charge on any atom is 0.359 e. The molecule has 8 rings (SSSR count). The number of hydrogen-bond donors (Lipinski definition) is 0. The first-order chi connectivity index (χ1) is 34.4. The molecule has 0 aliphatic carbocycles. The molecule has 0 saturated heterocycles. The first-order valence-corrected chi connectivity index (χ1v) is 25.0. The molecule has 8 aromatic rings. The van der Waals surface area contributed by atoms with Crippen molar-refractivity contribution in [2.24, 2.45) is 0 Å². The van der Waals surface area contributed by atoms with Crippen LogP contribution in [0.3, 0.4) is 0 Å². The highest BCUT2D eigenvalue weighted by molar-refractivity contribution is 7.20. The highest BCUT2D eigenvalue weighted by Gasteiger charge is 2.34. The fraction of sp³-hybridized carbons (Fsp3) is 0.206. The van der Waals surface area contributed by atoms with Gasteiger partial charge in [-0.3, -0.25) is 19.0 Å². The number of hydrogen-bond acceptors (Lipinski definition) is 1. The van der Waals surface area contributed by atoms with Gasteiger partial charge in [0.1, 0.15) is 12.3 Å². The zero-order chi connectivity index (χ0) is 50.6. The Morgan fingerprint density at radius 1 is 0.296 bits per heavy atom. The zero-order valence-corrected chi connectivity index (χ0v) is 44.1. The van der Waals surface area contributed by atoms with Crippen LogP contribution in [-0.4, -0.2) is 137 Å². The van der Waals surface area contributed by atoms with Crippen molar-refractivity contribution < 1.29 is 9.15 Å². The SMILES string of the molecule is CN(C)CCCN(C(N(C)C)=[N+](C)C)C(N(C)C)=[N+](C)C.c1ccc([B-](c2ccccc2)(c2ccccc2)c2ccccc2)cc1.c1ccc([B-](c2ccccc2)(c2ccccc2)c2ccccc2)cc1. The van der Waals surface area contributed by atoms with Gasteiger partial charge in [0.05, 0.1) is 62.9 Å². The number of rotatable bonds is 12. The predicted molar refractivity (Wildman–Crippen MR) is 312 cm³/mol. The second kappa shape index (κ2) is 26.0. The van der Waals surface area contributed by atoms with Crippen molar-refractivity contribution in [2.75, 3.05) is 83.6 Å². The van der Waals surface area contributed by atoms with E-state index in [4.69, 9.17) is 0 Å². The van der Waals surface area contributed by atoms with E-state index >= 15 is 0 Å². The maximum atomic E-state index is 2.38. The van der Waals surface area contributed by atoms with Crippen molar-refractivity contribution in [1.29, 1.82) is 0 Å². The van der Waals surface area contributed by atoms with Crippen molar-refractivity contribution in [1.82, 2.24) is 19.6 Å². The summed E-state index contributed by atoms with van der Waals surface area (Å²) in [6.07, 6.45) is -1.32. The monoisotopic (exact) mass is 939 g/mol. The molecule has 0 aromatic heterocycles. The lowest BCUT2D eigenvalue weighted by Gasteiger charge is -2.44. The third-order valence-corrected chi connectivity index (χ3v) is 13.5. The smallest absolute Gasteiger partial charge is 0.309 e. The van der Waals surface area contributed by atoms with E-state index in [1.165, 1.54) is 55.6 Å². The third kappa shape index (κ3) is 12.7. The predicted octanol–water partition coefficient (Wildman–Crippen LogP) is 5.75. The highest BCUT2D eigenvalue weighted by atomic mass is 15.5. The summed E-state index contributed by atoms with van der Waals surface area (Å²) in [6, 6.07) is 87.1. The van der Waals surface area contributed by atoms with Crippen LogP contribution in [0, 0.1) is 0 Å². The van der Waals surface area contributed by atoms with E-state index in [-0.39, 0.29) is 0 Å². The van der Waals surface area contributed by atoms with E-state index in [0.717, 1.165) is 19.5 Å². The number of nitrogens with zero attached hydrogens (tertiary/aromatic N) is 6. The van der Waals surface area contributed by atoms with Gasteiger partial charge in [0.25, 0.3) is 0 Å². The van der Waals surface area contributed by atoms with Crippen LogP contribution in [0.5, 0.6) is 0 Å². The molecule has 0 unspecified atom stereocenters. The van der Waals surface area contributed by atoms with Crippen molar-refractivity contribution in [3.63, 3.8) is 0 Å². The molecule has 0 atom stereocenters. The standard InChI is InChI=1S/2C24H20B.C15H36N6/c2*1-5-13-21(14-6-1)25(22-15-7-2-8-16-22,23-17-9-3-10-18-23)24-19-11-4-12-20-24;1-16(2)12-11-13-21(14(17(3)4)18(5)6)15(19(7)8)20(9)10/h2*1-20H;11-13H2,1-10H3/q2*-1;+2. The second-order valence-electron chi connectivity index (χ2n) is 19.5. The molecule has 0 radical (unpaired) electrons. The molecule has 8 heteroatoms. The lowest BCUT2D eigenvalue weighted by atomic mass is 9.13. The second-order valence-corrected chi connectivity index (χ2v) is 19.5. The van der Waals surface area contributed by atoms with Gasteiger partial charge >= 0.3 is 11.9 Å². The molecular weight excluding hydrogens is 862 g/mol. The summed E-state index contributed by atoms with van der Waals surface area (Å²) < 4.78 is 4.34. The van der Waals surface area contributed by atoms with Gasteiger partial charge in [-0.15, -0.1) is 0 Å². The lowest BCUT2D eigenvalue weighted by molar-refractivity contribution is -0.485. The Bertz CT molecular complexity index is 2300. The topological polar surface area (TPSA) is 19.0 Å². The van der Waals surface area contributed by atoms with Gasteiger partial charge in [0, 0.05) is 6.54 Å². The van der Waals surface area contributed by atoms with E-state index in [1.807, 2.05) is 0 Å². The molecule has 0 spiro atoms. The summed E-state index contributed by atoms with van der Waals surface area (Å²) in [6.45, 7) is 2.06. The molecule has 0 amide bonds. The van der Waals surface area contributed by atoms with Gasteiger partial charge in [-0.25, -0.2) is 0 Å². The molecule has 0 N–H and O–H groups in total. The molecule has 0 saturated carbocycles. The Hall–Kier alpha value is -7.41.